The number of nitrogens with zero attached hydrogens (tertiary/aromatic N) is 1. The van der Waals surface area contributed by atoms with Gasteiger partial charge in [0, 0.05) is 16.3 Å². The maximum atomic E-state index is 13.0. The van der Waals surface area contributed by atoms with Crippen LogP contribution >= 0.6 is 46.4 Å². The summed E-state index contributed by atoms with van der Waals surface area (Å²) in [6.07, 6.45) is -4.63. The number of benzene rings is 3. The van der Waals surface area contributed by atoms with E-state index in [1.165, 1.54) is 42.5 Å². The van der Waals surface area contributed by atoms with Crippen molar-refractivity contribution in [1.29, 1.82) is 0 Å². The Kier molecular flexibility index (Phi) is 7.43. The van der Waals surface area contributed by atoms with Gasteiger partial charge in [0.15, 0.2) is 0 Å². The topological polar surface area (TPSA) is 78.5 Å². The number of nitrogens with one attached hydrogen (secondary N) is 2. The van der Waals surface area contributed by atoms with Crippen molar-refractivity contribution in [2.75, 3.05) is 15.5 Å². The first kappa shape index (κ1) is 26.8. The molecule has 13 heteroatoms. The molecule has 0 atom stereocenters. The van der Waals surface area contributed by atoms with E-state index < -0.39 is 34.5 Å². The highest BCUT2D eigenvalue weighted by atomic mass is 35.5. The Balaban J connectivity index is 1.56. The molecule has 0 fully saturated rings. The van der Waals surface area contributed by atoms with Crippen molar-refractivity contribution >= 4 is 81.2 Å². The molecule has 3 aromatic rings. The number of rotatable bonds is 5. The maximum Gasteiger partial charge on any atom is 0.416 e. The molecule has 0 radical (unpaired) electrons. The van der Waals surface area contributed by atoms with E-state index in [2.05, 4.69) is 10.6 Å². The highest BCUT2D eigenvalue weighted by Crippen LogP contribution is 2.36. The van der Waals surface area contributed by atoms with Gasteiger partial charge in [0.2, 0.25) is 0 Å². The molecular weight excluding hydrogens is 577 g/mol. The van der Waals surface area contributed by atoms with Crippen LogP contribution in [0.2, 0.25) is 15.1 Å². The van der Waals surface area contributed by atoms with E-state index in [-0.39, 0.29) is 38.4 Å². The number of alkyl halides is 3. The lowest BCUT2D eigenvalue weighted by Gasteiger charge is -2.17. The van der Waals surface area contributed by atoms with Crippen molar-refractivity contribution in [1.82, 2.24) is 0 Å². The first-order valence-electron chi connectivity index (χ1n) is 10.2. The predicted molar refractivity (Wildman–Crippen MR) is 136 cm³/mol. The Morgan fingerprint density at radius 1 is 0.838 bits per heavy atom. The highest BCUT2D eigenvalue weighted by molar-refractivity contribution is 6.54. The standard InChI is InChI=1S/C24H12Cl4F3N3O3/c25-13-5-7-18(16(27)10-13)34-22(36)19(28)20(23(34)37)32-14-3-1-2-11(8-14)21(35)33-17-9-12(24(29,30)31)4-6-15(17)26/h1-10,32H,(H,33,35). The summed E-state index contributed by atoms with van der Waals surface area (Å²) in [5.74, 6) is -2.40. The van der Waals surface area contributed by atoms with E-state index >= 15 is 0 Å². The molecule has 1 aliphatic rings. The Labute approximate surface area is 227 Å². The molecular formula is C24H12Cl4F3N3O3. The minimum atomic E-state index is -4.63. The molecule has 37 heavy (non-hydrogen) atoms. The third kappa shape index (κ3) is 5.55. The molecule has 2 N–H and O–H groups in total. The molecule has 1 heterocycles. The number of amides is 3. The molecule has 6 nitrogen and oxygen atoms in total. The zero-order valence-electron chi connectivity index (χ0n) is 18.1. The van der Waals surface area contributed by atoms with Crippen LogP contribution in [0, 0.1) is 0 Å². The van der Waals surface area contributed by atoms with E-state index in [0.717, 1.165) is 17.0 Å². The molecule has 0 bridgehead atoms. The van der Waals surface area contributed by atoms with E-state index in [1.54, 1.807) is 0 Å². The zero-order chi connectivity index (χ0) is 27.1. The van der Waals surface area contributed by atoms with E-state index in [1.807, 2.05) is 0 Å². The van der Waals surface area contributed by atoms with Crippen molar-refractivity contribution in [3.63, 3.8) is 0 Å². The summed E-state index contributed by atoms with van der Waals surface area (Å²) < 4.78 is 39.1. The summed E-state index contributed by atoms with van der Waals surface area (Å²) in [5, 5.41) is 4.88. The van der Waals surface area contributed by atoms with Gasteiger partial charge in [-0.3, -0.25) is 14.4 Å². The van der Waals surface area contributed by atoms with Gasteiger partial charge >= 0.3 is 6.18 Å². The highest BCUT2D eigenvalue weighted by Gasteiger charge is 2.40. The molecule has 0 aromatic heterocycles. The normalized spacial score (nSPS) is 13.9. The maximum absolute atomic E-state index is 13.0. The summed E-state index contributed by atoms with van der Waals surface area (Å²) in [4.78, 5) is 39.2. The number of anilines is 3. The van der Waals surface area contributed by atoms with Crippen LogP contribution in [0.4, 0.5) is 30.2 Å². The van der Waals surface area contributed by atoms with Crippen LogP contribution in [-0.4, -0.2) is 17.7 Å². The fourth-order valence-corrected chi connectivity index (χ4v) is 4.24. The van der Waals surface area contributed by atoms with Gasteiger partial charge in [0.25, 0.3) is 17.7 Å². The second kappa shape index (κ2) is 10.3. The SMILES string of the molecule is O=C(Nc1cc(C(F)(F)F)ccc1Cl)c1cccc(NC2=C(Cl)C(=O)N(c3ccc(Cl)cc3Cl)C2=O)c1. The monoisotopic (exact) mass is 587 g/mol. The molecule has 4 rings (SSSR count). The van der Waals surface area contributed by atoms with Gasteiger partial charge in [-0.2, -0.15) is 13.2 Å². The number of carbonyl (C=O) groups excluding carboxylic acids is 3. The zero-order valence-corrected chi connectivity index (χ0v) is 21.1. The van der Waals surface area contributed by atoms with Crippen LogP contribution in [0.25, 0.3) is 0 Å². The fourth-order valence-electron chi connectivity index (χ4n) is 3.37. The molecule has 190 valence electrons. The van der Waals surface area contributed by atoms with E-state index in [4.69, 9.17) is 46.4 Å². The minimum absolute atomic E-state index is 0.0181. The lowest BCUT2D eigenvalue weighted by molar-refractivity contribution is -0.137. The first-order valence-corrected chi connectivity index (χ1v) is 11.7. The van der Waals surface area contributed by atoms with Crippen LogP contribution < -0.4 is 15.5 Å². The summed E-state index contributed by atoms with van der Waals surface area (Å²) in [6.45, 7) is 0. The molecule has 3 aromatic carbocycles. The lowest BCUT2D eigenvalue weighted by Crippen LogP contribution is -2.32. The third-order valence-electron chi connectivity index (χ3n) is 5.11. The molecule has 0 spiro atoms. The molecule has 0 unspecified atom stereocenters. The molecule has 1 aliphatic heterocycles. The smallest absolute Gasteiger partial charge is 0.350 e. The Bertz CT molecular complexity index is 1490. The van der Waals surface area contributed by atoms with Crippen LogP contribution in [0.15, 0.2) is 71.4 Å². The van der Waals surface area contributed by atoms with E-state index in [0.29, 0.717) is 11.1 Å². The summed E-state index contributed by atoms with van der Waals surface area (Å²) in [7, 11) is 0. The van der Waals surface area contributed by atoms with Crippen LogP contribution in [-0.2, 0) is 15.8 Å². The molecule has 3 amide bonds. The van der Waals surface area contributed by atoms with Crippen molar-refractivity contribution in [3.05, 3.63) is 97.6 Å². The minimum Gasteiger partial charge on any atom is -0.350 e. The number of hydrogen-bond donors (Lipinski definition) is 2. The number of halogens is 7. The second-order valence-corrected chi connectivity index (χ2v) is 9.21. The van der Waals surface area contributed by atoms with Crippen LogP contribution in [0.3, 0.4) is 0 Å². The van der Waals surface area contributed by atoms with Gasteiger partial charge < -0.3 is 10.6 Å². The molecule has 0 saturated carbocycles. The Morgan fingerprint density at radius 3 is 2.24 bits per heavy atom. The van der Waals surface area contributed by atoms with Gasteiger partial charge in [0.05, 0.1) is 27.0 Å². The molecule has 0 aliphatic carbocycles. The van der Waals surface area contributed by atoms with Gasteiger partial charge in [0.1, 0.15) is 10.7 Å². The summed E-state index contributed by atoms with van der Waals surface area (Å²) in [5.41, 5.74) is -1.21. The fraction of sp³-hybridized carbons (Fsp3) is 0.0417. The van der Waals surface area contributed by atoms with Gasteiger partial charge in [-0.25, -0.2) is 4.90 Å². The summed E-state index contributed by atoms with van der Waals surface area (Å²) in [6, 6.07) is 12.4. The van der Waals surface area contributed by atoms with Crippen LogP contribution in [0.5, 0.6) is 0 Å². The number of carbonyl (C=O) groups is 3. The molecule has 0 saturated heterocycles. The lowest BCUT2D eigenvalue weighted by atomic mass is 10.1. The van der Waals surface area contributed by atoms with Gasteiger partial charge in [-0.1, -0.05) is 52.5 Å². The first-order chi connectivity index (χ1) is 17.4. The Hall–Kier alpha value is -3.24. The quantitative estimate of drug-likeness (QED) is 0.305. The number of imide groups is 1. The largest absolute Gasteiger partial charge is 0.416 e. The van der Waals surface area contributed by atoms with Gasteiger partial charge in [-0.05, 0) is 54.6 Å². The average Bonchev–Trinajstić information content (AvgIpc) is 3.03. The second-order valence-electron chi connectivity index (χ2n) is 7.58. The predicted octanol–water partition coefficient (Wildman–Crippen LogP) is 7.35. The average molecular weight is 589 g/mol. The van der Waals surface area contributed by atoms with Crippen molar-refractivity contribution in [3.8, 4) is 0 Å². The van der Waals surface area contributed by atoms with Crippen LogP contribution in [0.1, 0.15) is 15.9 Å². The Morgan fingerprint density at radius 2 is 1.57 bits per heavy atom. The third-order valence-corrected chi connectivity index (χ3v) is 6.33. The summed E-state index contributed by atoms with van der Waals surface area (Å²) >= 11 is 24.1. The van der Waals surface area contributed by atoms with Crippen molar-refractivity contribution < 1.29 is 27.6 Å². The van der Waals surface area contributed by atoms with Gasteiger partial charge in [-0.15, -0.1) is 0 Å². The van der Waals surface area contributed by atoms with Crippen molar-refractivity contribution in [2.24, 2.45) is 0 Å². The number of hydrogen-bond acceptors (Lipinski definition) is 4. The van der Waals surface area contributed by atoms with E-state index in [9.17, 15) is 27.6 Å². The van der Waals surface area contributed by atoms with Crippen molar-refractivity contribution in [2.45, 2.75) is 6.18 Å².